The van der Waals surface area contributed by atoms with Crippen LogP contribution in [0.15, 0.2) is 26.8 Å². The summed E-state index contributed by atoms with van der Waals surface area (Å²) in [5, 5.41) is 9.90. The maximum Gasteiger partial charge on any atom is 0.308 e. The molecule has 1 N–H and O–H groups in total. The summed E-state index contributed by atoms with van der Waals surface area (Å²) in [5.74, 6) is 1.95. The van der Waals surface area contributed by atoms with Crippen molar-refractivity contribution in [1.82, 2.24) is 4.90 Å². The van der Waals surface area contributed by atoms with Crippen LogP contribution in [0, 0.1) is 23.7 Å². The van der Waals surface area contributed by atoms with Crippen LogP contribution in [-0.4, -0.2) is 58.4 Å². The molecule has 0 aromatic carbocycles. The third-order valence-corrected chi connectivity index (χ3v) is 8.66. The molecule has 4 unspecified atom stereocenters. The van der Waals surface area contributed by atoms with E-state index in [4.69, 9.17) is 15.0 Å². The molecule has 34 heavy (non-hydrogen) atoms. The first-order chi connectivity index (χ1) is 16.4. The van der Waals surface area contributed by atoms with Gasteiger partial charge in [-0.05, 0) is 69.8 Å². The third-order valence-electron chi connectivity index (χ3n) is 8.66. The SMILES string of the molecule is CC1=CC(N=C2CCC(C)N=C(C3CC3)C2)CC(N2CC(C(=O)O)CC(C3CCCCC3)C2)=N1. The van der Waals surface area contributed by atoms with E-state index >= 15 is 0 Å². The van der Waals surface area contributed by atoms with Gasteiger partial charge in [0.15, 0.2) is 0 Å². The van der Waals surface area contributed by atoms with Gasteiger partial charge in [-0.15, -0.1) is 0 Å². The van der Waals surface area contributed by atoms with Gasteiger partial charge in [-0.3, -0.25) is 14.8 Å². The highest BCUT2D eigenvalue weighted by Gasteiger charge is 2.38. The predicted octanol–water partition coefficient (Wildman–Crippen LogP) is 5.53. The highest BCUT2D eigenvalue weighted by atomic mass is 16.4. The smallest absolute Gasteiger partial charge is 0.308 e. The van der Waals surface area contributed by atoms with Crippen molar-refractivity contribution in [1.29, 1.82) is 0 Å². The predicted molar refractivity (Wildman–Crippen MR) is 138 cm³/mol. The van der Waals surface area contributed by atoms with Crippen LogP contribution in [0.2, 0.25) is 0 Å². The molecular weight excluding hydrogens is 424 g/mol. The lowest BCUT2D eigenvalue weighted by Crippen LogP contribution is -2.49. The molecule has 6 heteroatoms. The number of aliphatic carboxylic acids is 1. The molecular formula is C28H42N4O2. The van der Waals surface area contributed by atoms with Crippen molar-refractivity contribution in [2.45, 2.75) is 103 Å². The Kier molecular flexibility index (Phi) is 7.22. The molecule has 0 radical (unpaired) electrons. The van der Waals surface area contributed by atoms with Gasteiger partial charge in [0, 0.05) is 49.1 Å². The minimum atomic E-state index is -0.648. The maximum absolute atomic E-state index is 12.0. The molecule has 0 bridgehead atoms. The Labute approximate surface area is 204 Å². The topological polar surface area (TPSA) is 77.6 Å². The van der Waals surface area contributed by atoms with Crippen LogP contribution in [0.4, 0.5) is 0 Å². The zero-order valence-corrected chi connectivity index (χ0v) is 21.1. The number of likely N-dealkylation sites (tertiary alicyclic amines) is 1. The first kappa shape index (κ1) is 23.7. The van der Waals surface area contributed by atoms with Gasteiger partial charge in [-0.1, -0.05) is 32.1 Å². The summed E-state index contributed by atoms with van der Waals surface area (Å²) in [6.45, 7) is 5.85. The zero-order chi connectivity index (χ0) is 23.7. The second-order valence-corrected chi connectivity index (χ2v) is 11.6. The van der Waals surface area contributed by atoms with E-state index in [0.717, 1.165) is 50.2 Å². The Morgan fingerprint density at radius 1 is 1.09 bits per heavy atom. The molecule has 6 nitrogen and oxygen atoms in total. The van der Waals surface area contributed by atoms with Gasteiger partial charge in [0.2, 0.25) is 0 Å². The number of carboxylic acids is 1. The van der Waals surface area contributed by atoms with Crippen LogP contribution in [0.25, 0.3) is 0 Å². The van der Waals surface area contributed by atoms with Crippen molar-refractivity contribution in [2.24, 2.45) is 38.6 Å². The van der Waals surface area contributed by atoms with Gasteiger partial charge < -0.3 is 10.0 Å². The van der Waals surface area contributed by atoms with Crippen molar-refractivity contribution in [3.8, 4) is 0 Å². The lowest BCUT2D eigenvalue weighted by Gasteiger charge is -2.43. The molecule has 0 aromatic rings. The summed E-state index contributed by atoms with van der Waals surface area (Å²) in [6.07, 6.45) is 15.9. The number of carbonyl (C=O) groups is 1. The second kappa shape index (κ2) is 10.3. The number of aliphatic imine (C=N–C) groups is 3. The van der Waals surface area contributed by atoms with E-state index < -0.39 is 5.97 Å². The lowest BCUT2D eigenvalue weighted by molar-refractivity contribution is -0.144. The quantitative estimate of drug-likeness (QED) is 0.592. The molecule has 3 heterocycles. The molecule has 0 spiro atoms. The number of allylic oxidation sites excluding steroid dienone is 1. The number of hydrogen-bond acceptors (Lipinski definition) is 5. The monoisotopic (exact) mass is 466 g/mol. The molecule has 1 saturated heterocycles. The molecule has 0 amide bonds. The normalized spacial score (nSPS) is 34.8. The molecule has 186 valence electrons. The van der Waals surface area contributed by atoms with E-state index in [1.165, 1.54) is 56.4 Å². The molecule has 3 aliphatic heterocycles. The maximum atomic E-state index is 12.0. The number of rotatable bonds is 4. The van der Waals surface area contributed by atoms with Crippen molar-refractivity contribution >= 4 is 23.2 Å². The Bertz CT molecular complexity index is 894. The van der Waals surface area contributed by atoms with E-state index in [1.54, 1.807) is 0 Å². The molecule has 2 saturated carbocycles. The summed E-state index contributed by atoms with van der Waals surface area (Å²) in [5.41, 5.74) is 3.69. The van der Waals surface area contributed by atoms with Gasteiger partial charge in [-0.2, -0.15) is 0 Å². The number of carboxylic acid groups (broad SMARTS) is 1. The second-order valence-electron chi connectivity index (χ2n) is 11.6. The van der Waals surface area contributed by atoms with Gasteiger partial charge in [0.25, 0.3) is 0 Å². The molecule has 5 rings (SSSR count). The van der Waals surface area contributed by atoms with Crippen LogP contribution < -0.4 is 0 Å². The van der Waals surface area contributed by atoms with Crippen LogP contribution in [0.3, 0.4) is 0 Å². The number of amidine groups is 1. The highest BCUT2D eigenvalue weighted by molar-refractivity contribution is 6.07. The Balaban J connectivity index is 1.30. The molecule has 2 aliphatic carbocycles. The van der Waals surface area contributed by atoms with Crippen LogP contribution in [-0.2, 0) is 4.79 Å². The minimum absolute atomic E-state index is 0.106. The van der Waals surface area contributed by atoms with Crippen LogP contribution in [0.1, 0.15) is 90.9 Å². The van der Waals surface area contributed by atoms with E-state index in [1.807, 2.05) is 0 Å². The standard InChI is InChI=1S/C28H42N4O2/c1-18-8-11-24(14-26(29-18)21-9-10-21)31-25-12-19(2)30-27(15-25)32-16-22(13-23(17-32)28(33)34)20-6-4-3-5-7-20/h12,18,20-23,25H,3-11,13-17H2,1-2H3,(H,33,34). The Hall–Kier alpha value is -1.98. The molecule has 3 fully saturated rings. The van der Waals surface area contributed by atoms with Gasteiger partial charge in [0.05, 0.1) is 12.0 Å². The number of nitrogens with zero attached hydrogens (tertiary/aromatic N) is 4. The highest BCUT2D eigenvalue weighted by Crippen LogP contribution is 2.38. The zero-order valence-electron chi connectivity index (χ0n) is 21.1. The van der Waals surface area contributed by atoms with E-state index in [0.29, 0.717) is 30.3 Å². The Morgan fingerprint density at radius 3 is 2.62 bits per heavy atom. The largest absolute Gasteiger partial charge is 0.481 e. The van der Waals surface area contributed by atoms with E-state index in [-0.39, 0.29) is 12.0 Å². The lowest BCUT2D eigenvalue weighted by atomic mass is 9.74. The van der Waals surface area contributed by atoms with Gasteiger partial charge in [0.1, 0.15) is 5.84 Å². The first-order valence-corrected chi connectivity index (χ1v) is 13.8. The molecule has 4 atom stereocenters. The molecule has 5 aliphatic rings. The van der Waals surface area contributed by atoms with Gasteiger partial charge >= 0.3 is 5.97 Å². The van der Waals surface area contributed by atoms with Gasteiger partial charge in [-0.25, -0.2) is 4.99 Å². The number of piperidine rings is 1. The van der Waals surface area contributed by atoms with Crippen LogP contribution in [0.5, 0.6) is 0 Å². The van der Waals surface area contributed by atoms with Crippen molar-refractivity contribution < 1.29 is 9.90 Å². The Morgan fingerprint density at radius 2 is 1.88 bits per heavy atom. The summed E-state index contributed by atoms with van der Waals surface area (Å²) >= 11 is 0. The van der Waals surface area contributed by atoms with E-state index in [9.17, 15) is 9.90 Å². The number of hydrogen-bond donors (Lipinski definition) is 1. The van der Waals surface area contributed by atoms with Crippen molar-refractivity contribution in [3.63, 3.8) is 0 Å². The summed E-state index contributed by atoms with van der Waals surface area (Å²) in [7, 11) is 0. The van der Waals surface area contributed by atoms with Crippen LogP contribution >= 0.6 is 0 Å². The fraction of sp³-hybridized carbons (Fsp3) is 0.786. The fourth-order valence-corrected chi connectivity index (χ4v) is 6.65. The fourth-order valence-electron chi connectivity index (χ4n) is 6.65. The average Bonchev–Trinajstić information content (AvgIpc) is 3.68. The van der Waals surface area contributed by atoms with Crippen molar-refractivity contribution in [3.05, 3.63) is 11.8 Å². The van der Waals surface area contributed by atoms with E-state index in [2.05, 4.69) is 24.8 Å². The molecule has 0 aromatic heterocycles. The first-order valence-electron chi connectivity index (χ1n) is 13.8. The average molecular weight is 467 g/mol. The summed E-state index contributed by atoms with van der Waals surface area (Å²) < 4.78 is 0. The minimum Gasteiger partial charge on any atom is -0.481 e. The summed E-state index contributed by atoms with van der Waals surface area (Å²) in [4.78, 5) is 29.5. The van der Waals surface area contributed by atoms with Crippen molar-refractivity contribution in [2.75, 3.05) is 13.1 Å². The third kappa shape index (κ3) is 5.80. The summed E-state index contributed by atoms with van der Waals surface area (Å²) in [6, 6.07) is 0.511.